The summed E-state index contributed by atoms with van der Waals surface area (Å²) in [5.41, 5.74) is 6.15. The van der Waals surface area contributed by atoms with Crippen LogP contribution in [-0.4, -0.2) is 12.6 Å². The molecule has 0 aromatic heterocycles. The second-order valence-electron chi connectivity index (χ2n) is 3.90. The Morgan fingerprint density at radius 2 is 2.19 bits per heavy atom. The Kier molecular flexibility index (Phi) is 5.03. The number of benzene rings is 1. The van der Waals surface area contributed by atoms with Crippen LogP contribution in [-0.2, 0) is 6.42 Å². The van der Waals surface area contributed by atoms with Gasteiger partial charge in [-0.2, -0.15) is 0 Å². The monoisotopic (exact) mass is 245 g/mol. The lowest BCUT2D eigenvalue weighted by Crippen LogP contribution is -2.18. The highest BCUT2D eigenvalue weighted by Crippen LogP contribution is 2.28. The van der Waals surface area contributed by atoms with Crippen LogP contribution < -0.4 is 10.5 Å². The highest BCUT2D eigenvalue weighted by molar-refractivity contribution is 6.32. The van der Waals surface area contributed by atoms with Gasteiger partial charge in [0.15, 0.2) is 0 Å². The zero-order valence-electron chi connectivity index (χ0n) is 9.59. The fourth-order valence-corrected chi connectivity index (χ4v) is 1.64. The first-order chi connectivity index (χ1) is 7.54. The topological polar surface area (TPSA) is 35.2 Å². The van der Waals surface area contributed by atoms with Crippen LogP contribution in [0, 0.1) is 5.82 Å². The average Bonchev–Trinajstić information content (AvgIpc) is 2.20. The van der Waals surface area contributed by atoms with Crippen LogP contribution in [0.3, 0.4) is 0 Å². The molecule has 0 saturated carbocycles. The lowest BCUT2D eigenvalue weighted by Gasteiger charge is -2.11. The Morgan fingerprint density at radius 3 is 2.75 bits per heavy atom. The first-order valence-corrected chi connectivity index (χ1v) is 5.78. The molecule has 0 heterocycles. The van der Waals surface area contributed by atoms with E-state index in [4.69, 9.17) is 22.1 Å². The summed E-state index contributed by atoms with van der Waals surface area (Å²) >= 11 is 5.99. The van der Waals surface area contributed by atoms with E-state index in [0.717, 1.165) is 6.42 Å². The van der Waals surface area contributed by atoms with Crippen LogP contribution in [0.2, 0.25) is 5.02 Å². The van der Waals surface area contributed by atoms with E-state index in [1.54, 1.807) is 6.07 Å². The molecule has 1 rings (SSSR count). The van der Waals surface area contributed by atoms with Crippen molar-refractivity contribution in [1.29, 1.82) is 0 Å². The van der Waals surface area contributed by atoms with Crippen molar-refractivity contribution in [3.63, 3.8) is 0 Å². The van der Waals surface area contributed by atoms with Gasteiger partial charge in [0.05, 0.1) is 11.6 Å². The number of rotatable bonds is 5. The predicted molar refractivity (Wildman–Crippen MR) is 64.5 cm³/mol. The smallest absolute Gasteiger partial charge is 0.140 e. The summed E-state index contributed by atoms with van der Waals surface area (Å²) in [7, 11) is 0. The SMILES string of the molecule is CCCOc1cc(F)c(CC(C)N)cc1Cl. The third kappa shape index (κ3) is 3.65. The van der Waals surface area contributed by atoms with Crippen molar-refractivity contribution >= 4 is 11.6 Å². The molecule has 0 aliphatic heterocycles. The van der Waals surface area contributed by atoms with Crippen molar-refractivity contribution in [2.24, 2.45) is 5.73 Å². The minimum Gasteiger partial charge on any atom is -0.492 e. The van der Waals surface area contributed by atoms with Crippen LogP contribution in [0.5, 0.6) is 5.75 Å². The molecule has 0 radical (unpaired) electrons. The molecule has 0 aliphatic rings. The third-order valence-corrected chi connectivity index (χ3v) is 2.40. The zero-order chi connectivity index (χ0) is 12.1. The molecule has 0 fully saturated rings. The van der Waals surface area contributed by atoms with Gasteiger partial charge in [-0.05, 0) is 31.4 Å². The largest absolute Gasteiger partial charge is 0.492 e. The summed E-state index contributed by atoms with van der Waals surface area (Å²) in [5.74, 6) is 0.0854. The van der Waals surface area contributed by atoms with E-state index in [1.165, 1.54) is 6.07 Å². The molecule has 0 aliphatic carbocycles. The van der Waals surface area contributed by atoms with E-state index in [1.807, 2.05) is 13.8 Å². The molecule has 2 N–H and O–H groups in total. The maximum absolute atomic E-state index is 13.6. The Balaban J connectivity index is 2.88. The van der Waals surface area contributed by atoms with Crippen molar-refractivity contribution in [1.82, 2.24) is 0 Å². The van der Waals surface area contributed by atoms with Crippen molar-refractivity contribution in [2.75, 3.05) is 6.61 Å². The normalized spacial score (nSPS) is 12.6. The Bertz CT molecular complexity index is 355. The van der Waals surface area contributed by atoms with Crippen LogP contribution in [0.15, 0.2) is 12.1 Å². The number of nitrogens with two attached hydrogens (primary N) is 1. The average molecular weight is 246 g/mol. The molecule has 16 heavy (non-hydrogen) atoms. The molecule has 4 heteroatoms. The first-order valence-electron chi connectivity index (χ1n) is 5.41. The van der Waals surface area contributed by atoms with Crippen molar-refractivity contribution in [3.05, 3.63) is 28.5 Å². The molecular formula is C12H17ClFNO. The van der Waals surface area contributed by atoms with Crippen LogP contribution in [0.4, 0.5) is 4.39 Å². The van der Waals surface area contributed by atoms with Gasteiger partial charge in [-0.1, -0.05) is 18.5 Å². The van der Waals surface area contributed by atoms with Gasteiger partial charge in [0.2, 0.25) is 0 Å². The Morgan fingerprint density at radius 1 is 1.50 bits per heavy atom. The molecule has 1 aromatic rings. The van der Waals surface area contributed by atoms with Gasteiger partial charge < -0.3 is 10.5 Å². The van der Waals surface area contributed by atoms with Gasteiger partial charge in [0, 0.05) is 12.1 Å². The maximum Gasteiger partial charge on any atom is 0.140 e. The van der Waals surface area contributed by atoms with E-state index < -0.39 is 0 Å². The first kappa shape index (κ1) is 13.3. The van der Waals surface area contributed by atoms with Gasteiger partial charge in [0.1, 0.15) is 11.6 Å². The second kappa shape index (κ2) is 6.06. The Hall–Kier alpha value is -0.800. The second-order valence-corrected chi connectivity index (χ2v) is 4.31. The summed E-state index contributed by atoms with van der Waals surface area (Å²) in [5, 5.41) is 0.436. The lowest BCUT2D eigenvalue weighted by atomic mass is 10.1. The molecule has 2 nitrogen and oxygen atoms in total. The fraction of sp³-hybridized carbons (Fsp3) is 0.500. The van der Waals surface area contributed by atoms with Gasteiger partial charge >= 0.3 is 0 Å². The van der Waals surface area contributed by atoms with Gasteiger partial charge in [-0.3, -0.25) is 0 Å². The van der Waals surface area contributed by atoms with E-state index in [0.29, 0.717) is 29.4 Å². The molecule has 0 saturated heterocycles. The van der Waals surface area contributed by atoms with E-state index in [9.17, 15) is 4.39 Å². The van der Waals surface area contributed by atoms with Crippen LogP contribution in [0.1, 0.15) is 25.8 Å². The molecule has 0 bridgehead atoms. The third-order valence-electron chi connectivity index (χ3n) is 2.10. The van der Waals surface area contributed by atoms with Crippen molar-refractivity contribution in [3.8, 4) is 5.75 Å². The van der Waals surface area contributed by atoms with Gasteiger partial charge in [-0.25, -0.2) is 4.39 Å². The molecule has 90 valence electrons. The lowest BCUT2D eigenvalue weighted by molar-refractivity contribution is 0.315. The summed E-state index contributed by atoms with van der Waals surface area (Å²) in [6, 6.07) is 2.83. The quantitative estimate of drug-likeness (QED) is 0.865. The number of hydrogen-bond acceptors (Lipinski definition) is 2. The van der Waals surface area contributed by atoms with E-state index in [2.05, 4.69) is 0 Å². The molecule has 1 aromatic carbocycles. The molecule has 1 atom stereocenters. The number of ether oxygens (including phenoxy) is 1. The zero-order valence-corrected chi connectivity index (χ0v) is 10.4. The standard InChI is InChI=1S/C12H17ClFNO/c1-3-4-16-12-7-11(14)9(5-8(2)15)6-10(12)13/h6-8H,3-5,15H2,1-2H3. The molecule has 1 unspecified atom stereocenters. The Labute approximate surface area is 101 Å². The maximum atomic E-state index is 13.6. The highest BCUT2D eigenvalue weighted by atomic mass is 35.5. The van der Waals surface area contributed by atoms with Crippen LogP contribution >= 0.6 is 11.6 Å². The molecule has 0 amide bonds. The fourth-order valence-electron chi connectivity index (χ4n) is 1.40. The highest BCUT2D eigenvalue weighted by Gasteiger charge is 2.10. The number of halogens is 2. The van der Waals surface area contributed by atoms with Crippen LogP contribution in [0.25, 0.3) is 0 Å². The minimum atomic E-state index is -0.312. The van der Waals surface area contributed by atoms with E-state index in [-0.39, 0.29) is 11.9 Å². The van der Waals surface area contributed by atoms with Gasteiger partial charge in [-0.15, -0.1) is 0 Å². The van der Waals surface area contributed by atoms with Gasteiger partial charge in [0.25, 0.3) is 0 Å². The number of hydrogen-bond donors (Lipinski definition) is 1. The van der Waals surface area contributed by atoms with Crippen molar-refractivity contribution in [2.45, 2.75) is 32.7 Å². The summed E-state index contributed by atoms with van der Waals surface area (Å²) in [6.07, 6.45) is 1.33. The van der Waals surface area contributed by atoms with E-state index >= 15 is 0 Å². The minimum absolute atomic E-state index is 0.0898. The van der Waals surface area contributed by atoms with Crippen molar-refractivity contribution < 1.29 is 9.13 Å². The summed E-state index contributed by atoms with van der Waals surface area (Å²) in [4.78, 5) is 0. The predicted octanol–water partition coefficient (Wildman–Crippen LogP) is 3.16. The summed E-state index contributed by atoms with van der Waals surface area (Å²) < 4.78 is 18.9. The molecule has 0 spiro atoms. The molecular weight excluding hydrogens is 229 g/mol. The summed E-state index contributed by atoms with van der Waals surface area (Å²) in [6.45, 7) is 4.34.